The molecule has 5 rings (SSSR count). The van der Waals surface area contributed by atoms with Gasteiger partial charge < -0.3 is 20.1 Å². The predicted molar refractivity (Wildman–Crippen MR) is 173 cm³/mol. The number of anilines is 2. The molecule has 0 spiro atoms. The first kappa shape index (κ1) is 33.7. The second-order valence-corrected chi connectivity index (χ2v) is 15.6. The molecule has 2 amide bonds. The standard InChI is InChI=1S/C32H38N4O8S2/c1-21-17-35(18-22(2)43-21)45(39,40)29-12-8-25(9-13-29)31(37)33-27-6-5-7-28(16-27)34-32(38)26-10-14-30(15-11-26)46(41,42)36-19-23(3)44-24(4)20-36/h5-16,21-24H,17-20H2,1-4H3,(H,33,37)(H,34,38). The van der Waals surface area contributed by atoms with Crippen LogP contribution in [0.2, 0.25) is 0 Å². The van der Waals surface area contributed by atoms with Crippen LogP contribution < -0.4 is 10.6 Å². The number of amides is 2. The van der Waals surface area contributed by atoms with Gasteiger partial charge in [-0.3, -0.25) is 9.59 Å². The second kappa shape index (κ2) is 13.6. The van der Waals surface area contributed by atoms with Crippen LogP contribution in [0.15, 0.2) is 82.6 Å². The van der Waals surface area contributed by atoms with Crippen LogP contribution in [0.25, 0.3) is 0 Å². The van der Waals surface area contributed by atoms with Crippen LogP contribution in [0.3, 0.4) is 0 Å². The van der Waals surface area contributed by atoms with E-state index in [1.54, 1.807) is 24.3 Å². The van der Waals surface area contributed by atoms with E-state index in [1.807, 2.05) is 27.7 Å². The Labute approximate surface area is 269 Å². The molecule has 3 aromatic rings. The van der Waals surface area contributed by atoms with Gasteiger partial charge in [0.2, 0.25) is 20.0 Å². The van der Waals surface area contributed by atoms with Crippen molar-refractivity contribution in [3.05, 3.63) is 83.9 Å². The molecular weight excluding hydrogens is 633 g/mol. The van der Waals surface area contributed by atoms with Crippen molar-refractivity contribution >= 4 is 43.2 Å². The first-order valence-corrected chi connectivity index (χ1v) is 17.8. The topological polar surface area (TPSA) is 151 Å². The zero-order valence-corrected chi connectivity index (χ0v) is 27.7. The average molecular weight is 671 g/mol. The number of benzene rings is 3. The van der Waals surface area contributed by atoms with Gasteiger partial charge in [-0.15, -0.1) is 0 Å². The smallest absolute Gasteiger partial charge is 0.255 e. The summed E-state index contributed by atoms with van der Waals surface area (Å²) in [5.74, 6) is -0.913. The number of ether oxygens (including phenoxy) is 2. The summed E-state index contributed by atoms with van der Waals surface area (Å²) in [6.45, 7) is 8.31. The molecule has 2 saturated heterocycles. The third kappa shape index (κ3) is 7.65. The van der Waals surface area contributed by atoms with Crippen molar-refractivity contribution < 1.29 is 35.9 Å². The van der Waals surface area contributed by atoms with E-state index in [0.29, 0.717) is 11.4 Å². The number of sulfonamides is 2. The van der Waals surface area contributed by atoms with Crippen molar-refractivity contribution in [1.29, 1.82) is 0 Å². The van der Waals surface area contributed by atoms with E-state index >= 15 is 0 Å². The van der Waals surface area contributed by atoms with Gasteiger partial charge in [0.05, 0.1) is 34.2 Å². The van der Waals surface area contributed by atoms with Crippen LogP contribution in [0.1, 0.15) is 48.4 Å². The maximum atomic E-state index is 13.1. The molecule has 4 atom stereocenters. The molecule has 246 valence electrons. The van der Waals surface area contributed by atoms with Crippen LogP contribution in [-0.2, 0) is 29.5 Å². The Bertz CT molecular complexity index is 1650. The van der Waals surface area contributed by atoms with E-state index in [9.17, 15) is 26.4 Å². The van der Waals surface area contributed by atoms with E-state index < -0.39 is 31.9 Å². The molecule has 12 nitrogen and oxygen atoms in total. The highest BCUT2D eigenvalue weighted by Gasteiger charge is 2.33. The van der Waals surface area contributed by atoms with Crippen LogP contribution in [0.5, 0.6) is 0 Å². The first-order chi connectivity index (χ1) is 21.7. The fraction of sp³-hybridized carbons (Fsp3) is 0.375. The van der Waals surface area contributed by atoms with Gasteiger partial charge >= 0.3 is 0 Å². The quantitative estimate of drug-likeness (QED) is 0.368. The van der Waals surface area contributed by atoms with Gasteiger partial charge in [-0.1, -0.05) is 6.07 Å². The van der Waals surface area contributed by atoms with Crippen LogP contribution in [0.4, 0.5) is 11.4 Å². The molecular formula is C32H38N4O8S2. The third-order valence-electron chi connectivity index (χ3n) is 7.66. The molecule has 0 bridgehead atoms. The van der Waals surface area contributed by atoms with Crippen molar-refractivity contribution in [2.75, 3.05) is 36.8 Å². The van der Waals surface area contributed by atoms with Gasteiger partial charge in [0.15, 0.2) is 0 Å². The molecule has 46 heavy (non-hydrogen) atoms. The fourth-order valence-corrected chi connectivity index (χ4v) is 8.77. The monoisotopic (exact) mass is 670 g/mol. The van der Waals surface area contributed by atoms with E-state index in [2.05, 4.69) is 10.6 Å². The predicted octanol–water partition coefficient (Wildman–Crippen LogP) is 3.79. The summed E-state index contributed by atoms with van der Waals surface area (Å²) in [6, 6.07) is 18.0. The van der Waals surface area contributed by atoms with Crippen molar-refractivity contribution in [3.63, 3.8) is 0 Å². The van der Waals surface area contributed by atoms with Crippen LogP contribution in [-0.4, -0.2) is 87.9 Å². The summed E-state index contributed by atoms with van der Waals surface area (Å²) in [4.78, 5) is 26.1. The maximum Gasteiger partial charge on any atom is 0.255 e. The molecule has 4 unspecified atom stereocenters. The lowest BCUT2D eigenvalue weighted by molar-refractivity contribution is -0.0442. The Hall–Kier alpha value is -3.66. The third-order valence-corrected chi connectivity index (χ3v) is 11.4. The molecule has 2 aliphatic heterocycles. The van der Waals surface area contributed by atoms with Gasteiger partial charge in [-0.25, -0.2) is 16.8 Å². The molecule has 0 aromatic heterocycles. The van der Waals surface area contributed by atoms with Crippen molar-refractivity contribution in [1.82, 2.24) is 8.61 Å². The summed E-state index contributed by atoms with van der Waals surface area (Å²) in [6.07, 6.45) is -0.881. The van der Waals surface area contributed by atoms with Gasteiger partial charge in [0.25, 0.3) is 11.8 Å². The lowest BCUT2D eigenvalue weighted by Gasteiger charge is -2.34. The van der Waals surface area contributed by atoms with Gasteiger partial charge in [-0.05, 0) is 94.4 Å². The highest BCUT2D eigenvalue weighted by atomic mass is 32.2. The number of hydrogen-bond donors (Lipinski definition) is 2. The highest BCUT2D eigenvalue weighted by Crippen LogP contribution is 2.24. The Balaban J connectivity index is 1.21. The Morgan fingerprint density at radius 3 is 1.24 bits per heavy atom. The molecule has 2 aliphatic rings. The van der Waals surface area contributed by atoms with Crippen molar-refractivity contribution in [3.8, 4) is 0 Å². The maximum absolute atomic E-state index is 13.1. The van der Waals surface area contributed by atoms with E-state index in [0.717, 1.165) is 0 Å². The second-order valence-electron chi connectivity index (χ2n) is 11.7. The minimum atomic E-state index is -3.74. The first-order valence-electron chi connectivity index (χ1n) is 15.0. The van der Waals surface area contributed by atoms with Crippen molar-refractivity contribution in [2.45, 2.75) is 61.9 Å². The number of carbonyl (C=O) groups excluding carboxylic acids is 2. The largest absolute Gasteiger partial charge is 0.373 e. The normalized spacial score (nSPS) is 23.0. The molecule has 2 fully saturated rings. The molecule has 0 radical (unpaired) electrons. The SMILES string of the molecule is CC1CN(S(=O)(=O)c2ccc(C(=O)Nc3cccc(NC(=O)c4ccc(S(=O)(=O)N5CC(C)OC(C)C5)cc4)c3)cc2)CC(C)O1. The molecule has 2 heterocycles. The number of hydrogen-bond acceptors (Lipinski definition) is 8. The highest BCUT2D eigenvalue weighted by molar-refractivity contribution is 7.89. The number of rotatable bonds is 8. The molecule has 2 N–H and O–H groups in total. The number of nitrogens with zero attached hydrogens (tertiary/aromatic N) is 2. The summed E-state index contributed by atoms with van der Waals surface area (Å²) in [5, 5.41) is 5.52. The van der Waals surface area contributed by atoms with Crippen LogP contribution >= 0.6 is 0 Å². The number of carbonyl (C=O) groups is 2. The lowest BCUT2D eigenvalue weighted by Crippen LogP contribution is -2.48. The molecule has 0 aliphatic carbocycles. The van der Waals surface area contributed by atoms with Gasteiger partial charge in [0, 0.05) is 48.7 Å². The molecule has 14 heteroatoms. The number of morpholine rings is 2. The Morgan fingerprint density at radius 2 is 0.913 bits per heavy atom. The van der Waals surface area contributed by atoms with Crippen LogP contribution in [0, 0.1) is 0 Å². The zero-order valence-electron chi connectivity index (χ0n) is 26.0. The fourth-order valence-electron chi connectivity index (χ4n) is 5.59. The average Bonchev–Trinajstić information content (AvgIpc) is 3.00. The number of nitrogens with one attached hydrogen (secondary N) is 2. The minimum Gasteiger partial charge on any atom is -0.373 e. The molecule has 3 aromatic carbocycles. The lowest BCUT2D eigenvalue weighted by atomic mass is 10.2. The summed E-state index contributed by atoms with van der Waals surface area (Å²) in [5.41, 5.74) is 1.33. The summed E-state index contributed by atoms with van der Waals surface area (Å²) < 4.78 is 66.6. The Kier molecular flexibility index (Phi) is 9.96. The minimum absolute atomic E-state index is 0.0889. The van der Waals surface area contributed by atoms with E-state index in [4.69, 9.17) is 9.47 Å². The van der Waals surface area contributed by atoms with E-state index in [1.165, 1.54) is 57.1 Å². The Morgan fingerprint density at radius 1 is 0.587 bits per heavy atom. The molecule has 0 saturated carbocycles. The summed E-state index contributed by atoms with van der Waals surface area (Å²) >= 11 is 0. The summed E-state index contributed by atoms with van der Waals surface area (Å²) in [7, 11) is -7.49. The van der Waals surface area contributed by atoms with Gasteiger partial charge in [-0.2, -0.15) is 8.61 Å². The van der Waals surface area contributed by atoms with Gasteiger partial charge in [0.1, 0.15) is 0 Å². The van der Waals surface area contributed by atoms with Crippen molar-refractivity contribution in [2.24, 2.45) is 0 Å². The zero-order chi connectivity index (χ0) is 33.2. The van der Waals surface area contributed by atoms with E-state index in [-0.39, 0.29) is 71.5 Å².